The maximum atomic E-state index is 14.0. The van der Waals surface area contributed by atoms with Crippen LogP contribution in [-0.4, -0.2) is 30.3 Å². The second-order valence-electron chi connectivity index (χ2n) is 9.09. The minimum atomic E-state index is -4.72. The molecule has 3 aromatic heterocycles. The van der Waals surface area contributed by atoms with Crippen molar-refractivity contribution in [2.45, 2.75) is 33.5 Å². The number of benzene rings is 2. The number of aryl methyl sites for hydroxylation is 3. The lowest BCUT2D eigenvalue weighted by Gasteiger charge is -2.11. The molecule has 1 N–H and O–H groups in total. The van der Waals surface area contributed by atoms with Gasteiger partial charge >= 0.3 is 6.18 Å². The van der Waals surface area contributed by atoms with Crippen LogP contribution in [0.3, 0.4) is 0 Å². The fourth-order valence-electron chi connectivity index (χ4n) is 3.95. The summed E-state index contributed by atoms with van der Waals surface area (Å²) in [4.78, 5) is 17.3. The number of amides is 1. The Morgan fingerprint density at radius 3 is 2.39 bits per heavy atom. The average Bonchev–Trinajstić information content (AvgIpc) is 3.44. The van der Waals surface area contributed by atoms with Crippen molar-refractivity contribution >= 4 is 33.3 Å². The number of alkyl halides is 3. The fourth-order valence-corrected chi connectivity index (χ4v) is 4.37. The molecule has 0 spiro atoms. The summed E-state index contributed by atoms with van der Waals surface area (Å²) in [5.41, 5.74) is 3.43. The van der Waals surface area contributed by atoms with Gasteiger partial charge in [-0.05, 0) is 65.5 Å². The van der Waals surface area contributed by atoms with Crippen LogP contribution in [0, 0.1) is 20.8 Å². The lowest BCUT2D eigenvalue weighted by atomic mass is 10.0. The van der Waals surface area contributed by atoms with Gasteiger partial charge in [-0.15, -0.1) is 0 Å². The lowest BCUT2D eigenvalue weighted by Crippen LogP contribution is -2.16. The highest BCUT2D eigenvalue weighted by molar-refractivity contribution is 9.10. The van der Waals surface area contributed by atoms with Crippen molar-refractivity contribution in [2.75, 3.05) is 5.32 Å². The molecule has 11 heteroatoms. The van der Waals surface area contributed by atoms with E-state index in [-0.39, 0.29) is 22.9 Å². The molecule has 0 aliphatic carbocycles. The van der Waals surface area contributed by atoms with Crippen molar-refractivity contribution in [3.63, 3.8) is 0 Å². The summed E-state index contributed by atoms with van der Waals surface area (Å²) < 4.78 is 44.7. The van der Waals surface area contributed by atoms with Crippen molar-refractivity contribution in [3.05, 3.63) is 98.9 Å². The SMILES string of the molecule is Cc1ccc(Cn2cc(Br)c(NC(=O)c3cc4nc(-c5ccc(C)c(C)c5)cc(C(F)(F)F)n4n3)n2)cc1. The topological polar surface area (TPSA) is 77.1 Å². The van der Waals surface area contributed by atoms with E-state index >= 15 is 0 Å². The number of hydrogen-bond acceptors (Lipinski definition) is 4. The number of rotatable bonds is 5. The first-order chi connectivity index (χ1) is 18.0. The minimum Gasteiger partial charge on any atom is -0.303 e. The van der Waals surface area contributed by atoms with Crippen molar-refractivity contribution in [1.29, 1.82) is 0 Å². The van der Waals surface area contributed by atoms with E-state index in [0.717, 1.165) is 28.3 Å². The zero-order valence-corrected chi connectivity index (χ0v) is 22.2. The average molecular weight is 583 g/mol. The predicted molar refractivity (Wildman–Crippen MR) is 141 cm³/mol. The third-order valence-corrected chi connectivity index (χ3v) is 6.75. The number of fused-ring (bicyclic) bond motifs is 1. The van der Waals surface area contributed by atoms with E-state index in [2.05, 4.69) is 36.4 Å². The van der Waals surface area contributed by atoms with Gasteiger partial charge in [-0.3, -0.25) is 9.48 Å². The number of nitrogens with one attached hydrogen (secondary N) is 1. The largest absolute Gasteiger partial charge is 0.433 e. The highest BCUT2D eigenvalue weighted by Gasteiger charge is 2.35. The maximum absolute atomic E-state index is 14.0. The second-order valence-corrected chi connectivity index (χ2v) is 9.94. The van der Waals surface area contributed by atoms with Crippen molar-refractivity contribution in [1.82, 2.24) is 24.4 Å². The summed E-state index contributed by atoms with van der Waals surface area (Å²) >= 11 is 3.38. The molecule has 0 aliphatic rings. The molecule has 1 amide bonds. The molecule has 5 aromatic rings. The summed E-state index contributed by atoms with van der Waals surface area (Å²) in [5, 5.41) is 10.9. The second kappa shape index (κ2) is 9.71. The Bertz CT molecular complexity index is 1670. The van der Waals surface area contributed by atoms with Crippen LogP contribution in [0.25, 0.3) is 16.9 Å². The molecule has 5 rings (SSSR count). The Morgan fingerprint density at radius 2 is 1.71 bits per heavy atom. The van der Waals surface area contributed by atoms with Crippen LogP contribution in [0.5, 0.6) is 0 Å². The molecule has 0 fully saturated rings. The summed E-state index contributed by atoms with van der Waals surface area (Å²) in [6.45, 7) is 6.27. The van der Waals surface area contributed by atoms with Gasteiger partial charge in [0.25, 0.3) is 5.91 Å². The Kier molecular flexibility index (Phi) is 6.56. The molecule has 0 unspecified atom stereocenters. The highest BCUT2D eigenvalue weighted by Crippen LogP contribution is 2.33. The monoisotopic (exact) mass is 582 g/mol. The normalized spacial score (nSPS) is 11.8. The molecule has 38 heavy (non-hydrogen) atoms. The van der Waals surface area contributed by atoms with Crippen molar-refractivity contribution in [2.24, 2.45) is 0 Å². The standard InChI is InChI=1S/C27H22BrF3N6O/c1-15-4-7-18(8-5-15)13-36-14-20(28)25(35-36)33-26(38)22-12-24-32-21(19-9-6-16(2)17(3)10-19)11-23(27(29,30)31)37(24)34-22/h4-12,14H,13H2,1-3H3,(H,33,35,38). The van der Waals surface area contributed by atoms with Crippen LogP contribution in [0.4, 0.5) is 19.0 Å². The van der Waals surface area contributed by atoms with Crippen LogP contribution in [-0.2, 0) is 12.7 Å². The quantitative estimate of drug-likeness (QED) is 0.253. The van der Waals surface area contributed by atoms with Crippen LogP contribution in [0.15, 0.2) is 65.3 Å². The molecule has 3 heterocycles. The Hall–Kier alpha value is -3.99. The van der Waals surface area contributed by atoms with Gasteiger partial charge in [0.05, 0.1) is 16.7 Å². The van der Waals surface area contributed by atoms with E-state index in [0.29, 0.717) is 21.1 Å². The highest BCUT2D eigenvalue weighted by atomic mass is 79.9. The summed E-state index contributed by atoms with van der Waals surface area (Å²) in [5.74, 6) is -0.489. The van der Waals surface area contributed by atoms with E-state index < -0.39 is 17.8 Å². The van der Waals surface area contributed by atoms with E-state index in [9.17, 15) is 18.0 Å². The van der Waals surface area contributed by atoms with Crippen molar-refractivity contribution in [3.8, 4) is 11.3 Å². The van der Waals surface area contributed by atoms with Gasteiger partial charge in [0.15, 0.2) is 22.9 Å². The molecule has 0 saturated carbocycles. The van der Waals surface area contributed by atoms with Crippen LogP contribution in [0.1, 0.15) is 38.4 Å². The first-order valence-electron chi connectivity index (χ1n) is 11.6. The van der Waals surface area contributed by atoms with E-state index in [4.69, 9.17) is 0 Å². The molecule has 7 nitrogen and oxygen atoms in total. The van der Waals surface area contributed by atoms with Gasteiger partial charge in [0, 0.05) is 17.8 Å². The smallest absolute Gasteiger partial charge is 0.303 e. The number of anilines is 1. The Balaban J connectivity index is 1.45. The molecule has 2 aromatic carbocycles. The zero-order valence-electron chi connectivity index (χ0n) is 20.6. The molecule has 0 saturated heterocycles. The van der Waals surface area contributed by atoms with Gasteiger partial charge in [-0.25, -0.2) is 9.50 Å². The number of carbonyl (C=O) groups is 1. The minimum absolute atomic E-state index is 0.0952. The molecule has 194 valence electrons. The predicted octanol–water partition coefficient (Wildman–Crippen LogP) is 6.60. The number of aromatic nitrogens is 5. The van der Waals surface area contributed by atoms with Gasteiger partial charge in [0.2, 0.25) is 0 Å². The van der Waals surface area contributed by atoms with Gasteiger partial charge in [-0.1, -0.05) is 42.0 Å². The first kappa shape index (κ1) is 25.7. The number of carbonyl (C=O) groups excluding carboxylic acids is 1. The molecule has 0 atom stereocenters. The molecule has 0 bridgehead atoms. The molecule has 0 radical (unpaired) electrons. The lowest BCUT2D eigenvalue weighted by molar-refractivity contribution is -0.142. The van der Waals surface area contributed by atoms with Gasteiger partial charge in [0.1, 0.15) is 0 Å². The molecular formula is C27H22BrF3N6O. The number of halogens is 4. The summed E-state index contributed by atoms with van der Waals surface area (Å²) in [6, 6.07) is 15.5. The van der Waals surface area contributed by atoms with Gasteiger partial charge < -0.3 is 5.32 Å². The fraction of sp³-hybridized carbons (Fsp3) is 0.185. The Morgan fingerprint density at radius 1 is 0.974 bits per heavy atom. The third-order valence-electron chi connectivity index (χ3n) is 6.17. The zero-order chi connectivity index (χ0) is 27.2. The van der Waals surface area contributed by atoms with Gasteiger partial charge in [-0.2, -0.15) is 23.4 Å². The van der Waals surface area contributed by atoms with E-state index in [1.807, 2.05) is 51.1 Å². The maximum Gasteiger partial charge on any atom is 0.433 e. The number of hydrogen-bond donors (Lipinski definition) is 1. The Labute approximate surface area is 224 Å². The summed E-state index contributed by atoms with van der Waals surface area (Å²) in [6.07, 6.45) is -3.01. The van der Waals surface area contributed by atoms with E-state index in [1.54, 1.807) is 23.0 Å². The van der Waals surface area contributed by atoms with Crippen molar-refractivity contribution < 1.29 is 18.0 Å². The van der Waals surface area contributed by atoms with Crippen LogP contribution < -0.4 is 5.32 Å². The molecular weight excluding hydrogens is 561 g/mol. The first-order valence-corrected chi connectivity index (χ1v) is 12.4. The molecule has 0 aliphatic heterocycles. The van der Waals surface area contributed by atoms with E-state index in [1.165, 1.54) is 6.07 Å². The third kappa shape index (κ3) is 5.19. The summed E-state index contributed by atoms with van der Waals surface area (Å²) in [7, 11) is 0. The van der Waals surface area contributed by atoms with Crippen LogP contribution >= 0.6 is 15.9 Å². The van der Waals surface area contributed by atoms with Crippen LogP contribution in [0.2, 0.25) is 0 Å². The number of nitrogens with zero attached hydrogens (tertiary/aromatic N) is 5.